The summed E-state index contributed by atoms with van der Waals surface area (Å²) in [4.78, 5) is 5.28. The van der Waals surface area contributed by atoms with Gasteiger partial charge in [-0.05, 0) is 41.8 Å². The third-order valence-corrected chi connectivity index (χ3v) is 8.07. The number of fused-ring (bicyclic) bond motifs is 2. The molecule has 152 valence electrons. The normalized spacial score (nSPS) is 35.7. The molecule has 1 saturated carbocycles. The molecule has 2 bridgehead atoms. The van der Waals surface area contributed by atoms with Crippen LogP contribution in [0.4, 0.5) is 11.4 Å². The Kier molecular flexibility index (Phi) is 3.79. The van der Waals surface area contributed by atoms with Gasteiger partial charge in [0.2, 0.25) is 0 Å². The van der Waals surface area contributed by atoms with Crippen LogP contribution in [0.2, 0.25) is 0 Å². The van der Waals surface area contributed by atoms with E-state index < -0.39 is 0 Å². The minimum absolute atomic E-state index is 0.0708. The maximum Gasteiger partial charge on any atom is 0.106 e. The van der Waals surface area contributed by atoms with Gasteiger partial charge in [0.1, 0.15) is 12.6 Å². The van der Waals surface area contributed by atoms with Gasteiger partial charge in [-0.25, -0.2) is 0 Å². The molecule has 4 atom stereocenters. The molecule has 3 fully saturated rings. The number of likely N-dealkylation sites (N-methyl/N-ethyl adjacent to an activating group) is 1. The van der Waals surface area contributed by atoms with E-state index >= 15 is 0 Å². The van der Waals surface area contributed by atoms with E-state index in [1.165, 1.54) is 41.9 Å². The Hall–Kier alpha value is -2.85. The Bertz CT molecular complexity index is 1100. The molecule has 4 aliphatic rings. The van der Waals surface area contributed by atoms with Crippen LogP contribution in [0, 0.1) is 5.92 Å². The second kappa shape index (κ2) is 6.32. The number of nitrogens with one attached hydrogen (secondary N) is 2. The van der Waals surface area contributed by atoms with Crippen LogP contribution in [0.1, 0.15) is 25.3 Å². The summed E-state index contributed by atoms with van der Waals surface area (Å²) < 4.78 is 1.16. The van der Waals surface area contributed by atoms with Crippen molar-refractivity contribution >= 4 is 17.1 Å². The molecule has 3 aliphatic heterocycles. The highest BCUT2D eigenvalue weighted by molar-refractivity contribution is 6.14. The zero-order valence-corrected chi connectivity index (χ0v) is 17.7. The Labute approximate surface area is 178 Å². The standard InChI is InChI=1S/C26H29N4/c1-3-18-17-30(2)14-13-26-22-11-7-8-12-23(22)28-25(26)21(20(18)15-24(26)30)16-27-29-19-9-5-4-6-10-19/h3-12,16,20,24,27,29H,13-15,17H2,1-2H3/q+1/b18-3-,21-16?/t20-,24-,26+,30+/m0/s1. The molecule has 2 aromatic carbocycles. The van der Waals surface area contributed by atoms with Crippen LogP contribution in [-0.4, -0.2) is 36.4 Å². The van der Waals surface area contributed by atoms with Gasteiger partial charge in [-0.3, -0.25) is 4.99 Å². The van der Waals surface area contributed by atoms with Crippen molar-refractivity contribution in [1.82, 2.24) is 5.43 Å². The molecule has 2 N–H and O–H groups in total. The van der Waals surface area contributed by atoms with Crippen molar-refractivity contribution in [2.24, 2.45) is 10.9 Å². The number of piperidine rings is 1. The fourth-order valence-electron chi connectivity index (χ4n) is 6.71. The minimum Gasteiger partial charge on any atom is -0.319 e. The largest absolute Gasteiger partial charge is 0.319 e. The summed E-state index contributed by atoms with van der Waals surface area (Å²) in [6.07, 6.45) is 6.95. The number of hydrogen-bond donors (Lipinski definition) is 2. The van der Waals surface area contributed by atoms with Gasteiger partial charge < -0.3 is 15.3 Å². The molecule has 6 rings (SSSR count). The van der Waals surface area contributed by atoms with E-state index in [2.05, 4.69) is 73.5 Å². The van der Waals surface area contributed by atoms with E-state index in [0.29, 0.717) is 12.0 Å². The summed E-state index contributed by atoms with van der Waals surface area (Å²) in [5, 5.41) is 0. The average Bonchev–Trinajstić information content (AvgIpc) is 3.29. The first-order chi connectivity index (χ1) is 14.7. The second-order valence-corrected chi connectivity index (χ2v) is 9.46. The zero-order valence-electron chi connectivity index (χ0n) is 17.7. The summed E-state index contributed by atoms with van der Waals surface area (Å²) in [6, 6.07) is 19.8. The van der Waals surface area contributed by atoms with E-state index in [9.17, 15) is 0 Å². The molecule has 4 nitrogen and oxygen atoms in total. The first-order valence-corrected chi connectivity index (χ1v) is 11.1. The molecule has 3 heterocycles. The van der Waals surface area contributed by atoms with Gasteiger partial charge >= 0.3 is 0 Å². The van der Waals surface area contributed by atoms with E-state index in [1.807, 2.05) is 18.2 Å². The first kappa shape index (κ1) is 18.0. The van der Waals surface area contributed by atoms with Gasteiger partial charge in [0.05, 0.1) is 36.1 Å². The molecule has 30 heavy (non-hydrogen) atoms. The zero-order chi connectivity index (χ0) is 20.3. The second-order valence-electron chi connectivity index (χ2n) is 9.46. The van der Waals surface area contributed by atoms with Crippen molar-refractivity contribution in [1.29, 1.82) is 0 Å². The van der Waals surface area contributed by atoms with Gasteiger partial charge in [-0.2, -0.15) is 0 Å². The molecular weight excluding hydrogens is 368 g/mol. The smallest absolute Gasteiger partial charge is 0.106 e. The number of para-hydroxylation sites is 2. The molecule has 2 saturated heterocycles. The van der Waals surface area contributed by atoms with Crippen molar-refractivity contribution in [3.8, 4) is 0 Å². The maximum absolute atomic E-state index is 5.28. The summed E-state index contributed by atoms with van der Waals surface area (Å²) in [5.41, 5.74) is 14.8. The lowest BCUT2D eigenvalue weighted by molar-refractivity contribution is -0.923. The Balaban J connectivity index is 1.46. The van der Waals surface area contributed by atoms with Gasteiger partial charge in [0.15, 0.2) is 0 Å². The van der Waals surface area contributed by atoms with Crippen molar-refractivity contribution in [2.45, 2.75) is 31.2 Å². The first-order valence-electron chi connectivity index (χ1n) is 11.1. The monoisotopic (exact) mass is 397 g/mol. The number of rotatable bonds is 3. The SMILES string of the molecule is C/C=C1/C[N@@+]2(C)CC[C@@]34C(=Nc5ccccc53)C(=CNNc3ccccc3)[C@H]1C[C@@H]42. The fraction of sp³-hybridized carbons (Fsp3) is 0.346. The Morgan fingerprint density at radius 1 is 1.10 bits per heavy atom. The van der Waals surface area contributed by atoms with Crippen LogP contribution >= 0.6 is 0 Å². The number of benzene rings is 2. The molecule has 4 heteroatoms. The third-order valence-electron chi connectivity index (χ3n) is 8.07. The molecule has 0 amide bonds. The predicted octanol–water partition coefficient (Wildman–Crippen LogP) is 4.71. The summed E-state index contributed by atoms with van der Waals surface area (Å²) in [7, 11) is 2.47. The molecule has 0 unspecified atom stereocenters. The van der Waals surface area contributed by atoms with Crippen LogP contribution in [0.5, 0.6) is 0 Å². The topological polar surface area (TPSA) is 36.4 Å². The number of aliphatic imine (C=N–C) groups is 1. The van der Waals surface area contributed by atoms with Crippen LogP contribution in [0.25, 0.3) is 0 Å². The van der Waals surface area contributed by atoms with Crippen molar-refractivity contribution in [3.05, 3.63) is 83.6 Å². The van der Waals surface area contributed by atoms with E-state index in [-0.39, 0.29) is 5.41 Å². The minimum atomic E-state index is 0.0708. The fourth-order valence-corrected chi connectivity index (χ4v) is 6.71. The van der Waals surface area contributed by atoms with Crippen LogP contribution in [-0.2, 0) is 5.41 Å². The molecule has 1 spiro atoms. The molecule has 0 aromatic heterocycles. The molecular formula is C26H29N4+. The molecule has 2 aromatic rings. The van der Waals surface area contributed by atoms with Gasteiger partial charge in [0, 0.05) is 25.0 Å². The Morgan fingerprint density at radius 2 is 1.90 bits per heavy atom. The highest BCUT2D eigenvalue weighted by Gasteiger charge is 2.68. The van der Waals surface area contributed by atoms with E-state index in [1.54, 1.807) is 5.57 Å². The summed E-state index contributed by atoms with van der Waals surface area (Å²) in [5.74, 6) is 0.454. The number of quaternary nitrogens is 1. The lowest BCUT2D eigenvalue weighted by Gasteiger charge is -2.52. The van der Waals surface area contributed by atoms with Gasteiger partial charge in [-0.15, -0.1) is 0 Å². The van der Waals surface area contributed by atoms with E-state index in [4.69, 9.17) is 4.99 Å². The predicted molar refractivity (Wildman–Crippen MR) is 123 cm³/mol. The molecule has 1 aliphatic carbocycles. The number of anilines is 1. The van der Waals surface area contributed by atoms with E-state index in [0.717, 1.165) is 16.7 Å². The number of hydrogen-bond acceptors (Lipinski definition) is 3. The lowest BCUT2D eigenvalue weighted by Crippen LogP contribution is -2.63. The van der Waals surface area contributed by atoms with Gasteiger partial charge in [0.25, 0.3) is 0 Å². The van der Waals surface area contributed by atoms with Crippen LogP contribution in [0.3, 0.4) is 0 Å². The number of nitrogens with zero attached hydrogens (tertiary/aromatic N) is 2. The Morgan fingerprint density at radius 3 is 2.73 bits per heavy atom. The number of hydrazine groups is 1. The summed E-state index contributed by atoms with van der Waals surface area (Å²) >= 11 is 0. The van der Waals surface area contributed by atoms with Crippen molar-refractivity contribution < 1.29 is 4.48 Å². The highest BCUT2D eigenvalue weighted by Crippen LogP contribution is 2.61. The maximum atomic E-state index is 5.28. The molecule has 0 radical (unpaired) electrons. The lowest BCUT2D eigenvalue weighted by atomic mass is 9.58. The highest BCUT2D eigenvalue weighted by atomic mass is 15.4. The van der Waals surface area contributed by atoms with Crippen molar-refractivity contribution in [3.63, 3.8) is 0 Å². The van der Waals surface area contributed by atoms with Crippen molar-refractivity contribution in [2.75, 3.05) is 25.6 Å². The van der Waals surface area contributed by atoms with Crippen LogP contribution < -0.4 is 10.9 Å². The third kappa shape index (κ3) is 2.28. The van der Waals surface area contributed by atoms with Gasteiger partial charge in [-0.1, -0.05) is 42.5 Å². The summed E-state index contributed by atoms with van der Waals surface area (Å²) in [6.45, 7) is 4.59. The average molecular weight is 398 g/mol. The van der Waals surface area contributed by atoms with Crippen LogP contribution in [0.15, 0.2) is 83.0 Å². The quantitative estimate of drug-likeness (QED) is 0.447. The number of allylic oxidation sites excluding steroid dienone is 2.